The van der Waals surface area contributed by atoms with Crippen LogP contribution in [0.25, 0.3) is 22.3 Å². The molecule has 0 heterocycles. The number of aromatic carboxylic acids is 4. The molecular formula is C36H34O8. The lowest BCUT2D eigenvalue weighted by Crippen LogP contribution is -2.23. The third kappa shape index (κ3) is 5.58. The van der Waals surface area contributed by atoms with Crippen molar-refractivity contribution in [3.63, 3.8) is 0 Å². The molecule has 0 saturated carbocycles. The molecule has 4 N–H and O–H groups in total. The van der Waals surface area contributed by atoms with Gasteiger partial charge in [-0.15, -0.1) is 0 Å². The second-order valence-corrected chi connectivity index (χ2v) is 11.4. The lowest BCUT2D eigenvalue weighted by Gasteiger charge is -2.32. The summed E-state index contributed by atoms with van der Waals surface area (Å²) in [6, 6.07) is 17.1. The van der Waals surface area contributed by atoms with Crippen molar-refractivity contribution >= 4 is 23.9 Å². The van der Waals surface area contributed by atoms with Gasteiger partial charge in [-0.1, -0.05) is 50.2 Å². The van der Waals surface area contributed by atoms with Crippen LogP contribution in [0.15, 0.2) is 60.7 Å². The Labute approximate surface area is 255 Å². The van der Waals surface area contributed by atoms with Crippen molar-refractivity contribution in [1.82, 2.24) is 0 Å². The van der Waals surface area contributed by atoms with E-state index in [-0.39, 0.29) is 22.3 Å². The molecule has 0 atom stereocenters. The van der Waals surface area contributed by atoms with E-state index in [0.29, 0.717) is 11.1 Å². The second-order valence-electron chi connectivity index (χ2n) is 11.4. The second kappa shape index (κ2) is 11.8. The van der Waals surface area contributed by atoms with Crippen LogP contribution in [0.1, 0.15) is 95.1 Å². The third-order valence-corrected chi connectivity index (χ3v) is 8.58. The zero-order chi connectivity index (χ0) is 32.7. The average molecular weight is 595 g/mol. The standard InChI is InChI=1S/C36H34O8/c1-7-36(6,24-12-18(2)30(19(3)13-24)22-8-10-26(32(37)38)28(16-22)34(41)42)25-14-20(4)31(21(5)15-25)23-9-11-27(33(39)40)29(17-23)35(43)44/h8-17H,7H2,1-6H3,(H,37,38)(H,39,40)(H,41,42)(H,43,44). The van der Waals surface area contributed by atoms with Crippen LogP contribution >= 0.6 is 0 Å². The summed E-state index contributed by atoms with van der Waals surface area (Å²) < 4.78 is 0. The molecule has 0 aliphatic carbocycles. The predicted octanol–water partition coefficient (Wildman–Crippen LogP) is 7.76. The van der Waals surface area contributed by atoms with E-state index in [1.807, 2.05) is 27.7 Å². The van der Waals surface area contributed by atoms with Crippen LogP contribution in [0.5, 0.6) is 0 Å². The first kappa shape index (κ1) is 31.7. The van der Waals surface area contributed by atoms with Gasteiger partial charge in [-0.3, -0.25) is 0 Å². The van der Waals surface area contributed by atoms with E-state index in [9.17, 15) is 39.6 Å². The van der Waals surface area contributed by atoms with Gasteiger partial charge in [0.05, 0.1) is 22.3 Å². The molecule has 0 saturated heterocycles. The van der Waals surface area contributed by atoms with Gasteiger partial charge in [0.25, 0.3) is 0 Å². The first-order valence-corrected chi connectivity index (χ1v) is 14.1. The van der Waals surface area contributed by atoms with Gasteiger partial charge in [0.15, 0.2) is 0 Å². The summed E-state index contributed by atoms with van der Waals surface area (Å²) in [5, 5.41) is 38.1. The normalized spacial score (nSPS) is 11.3. The lowest BCUT2D eigenvalue weighted by molar-refractivity contribution is 0.0651. The fraction of sp³-hybridized carbons (Fsp3) is 0.222. The number of aryl methyl sites for hydroxylation is 4. The Kier molecular flexibility index (Phi) is 8.50. The number of hydrogen-bond acceptors (Lipinski definition) is 4. The van der Waals surface area contributed by atoms with Crippen LogP contribution in [0.2, 0.25) is 0 Å². The quantitative estimate of drug-likeness (QED) is 0.154. The molecule has 226 valence electrons. The molecule has 0 amide bonds. The van der Waals surface area contributed by atoms with Crippen molar-refractivity contribution in [1.29, 1.82) is 0 Å². The van der Waals surface area contributed by atoms with Crippen molar-refractivity contribution in [3.8, 4) is 22.3 Å². The summed E-state index contributed by atoms with van der Waals surface area (Å²) in [5.41, 5.74) is 7.25. The van der Waals surface area contributed by atoms with E-state index in [1.54, 1.807) is 12.1 Å². The zero-order valence-electron chi connectivity index (χ0n) is 25.4. The molecule has 8 heteroatoms. The molecule has 4 aromatic rings. The van der Waals surface area contributed by atoms with Crippen LogP contribution in [-0.4, -0.2) is 44.3 Å². The summed E-state index contributed by atoms with van der Waals surface area (Å²) >= 11 is 0. The fourth-order valence-corrected chi connectivity index (χ4v) is 6.18. The highest BCUT2D eigenvalue weighted by Gasteiger charge is 2.30. The van der Waals surface area contributed by atoms with Gasteiger partial charge in [-0.2, -0.15) is 0 Å². The van der Waals surface area contributed by atoms with E-state index in [1.165, 1.54) is 24.3 Å². The molecule has 4 aromatic carbocycles. The summed E-state index contributed by atoms with van der Waals surface area (Å²) in [4.78, 5) is 46.7. The van der Waals surface area contributed by atoms with Gasteiger partial charge in [0, 0.05) is 5.41 Å². The molecule has 0 unspecified atom stereocenters. The van der Waals surface area contributed by atoms with Crippen LogP contribution in [-0.2, 0) is 5.41 Å². The van der Waals surface area contributed by atoms with Crippen LogP contribution in [0.3, 0.4) is 0 Å². The summed E-state index contributed by atoms with van der Waals surface area (Å²) in [7, 11) is 0. The highest BCUT2D eigenvalue weighted by molar-refractivity contribution is 6.03. The van der Waals surface area contributed by atoms with E-state index >= 15 is 0 Å². The topological polar surface area (TPSA) is 149 Å². The average Bonchev–Trinajstić information content (AvgIpc) is 2.95. The summed E-state index contributed by atoms with van der Waals surface area (Å²) in [6.07, 6.45) is 0.760. The van der Waals surface area contributed by atoms with Crippen molar-refractivity contribution in [2.24, 2.45) is 0 Å². The molecule has 0 aliphatic heterocycles. The number of carboxylic acids is 4. The van der Waals surface area contributed by atoms with Gasteiger partial charge in [0.2, 0.25) is 0 Å². The molecule has 4 rings (SSSR count). The molecular weight excluding hydrogens is 560 g/mol. The molecule has 0 spiro atoms. The molecule has 8 nitrogen and oxygen atoms in total. The van der Waals surface area contributed by atoms with Crippen molar-refractivity contribution < 1.29 is 39.6 Å². The Balaban J connectivity index is 1.82. The Morgan fingerprint density at radius 1 is 0.523 bits per heavy atom. The van der Waals surface area contributed by atoms with Crippen molar-refractivity contribution in [3.05, 3.63) is 116 Å². The third-order valence-electron chi connectivity index (χ3n) is 8.58. The van der Waals surface area contributed by atoms with E-state index in [4.69, 9.17) is 0 Å². The molecule has 0 fully saturated rings. The van der Waals surface area contributed by atoms with Crippen LogP contribution in [0, 0.1) is 27.7 Å². The minimum atomic E-state index is -1.30. The maximum Gasteiger partial charge on any atom is 0.336 e. The molecule has 44 heavy (non-hydrogen) atoms. The highest BCUT2D eigenvalue weighted by Crippen LogP contribution is 2.42. The Hall–Kier alpha value is -5.24. The predicted molar refractivity (Wildman–Crippen MR) is 167 cm³/mol. The van der Waals surface area contributed by atoms with E-state index < -0.39 is 29.3 Å². The Morgan fingerprint density at radius 3 is 1.07 bits per heavy atom. The minimum Gasteiger partial charge on any atom is -0.478 e. The van der Waals surface area contributed by atoms with Gasteiger partial charge in [-0.05, 0) is 114 Å². The Morgan fingerprint density at radius 2 is 0.818 bits per heavy atom. The molecule has 0 aromatic heterocycles. The first-order valence-electron chi connectivity index (χ1n) is 14.1. The monoisotopic (exact) mass is 594 g/mol. The lowest BCUT2D eigenvalue weighted by atomic mass is 9.71. The SMILES string of the molecule is CCC(C)(c1cc(C)c(-c2ccc(C(=O)O)c(C(=O)O)c2)c(C)c1)c1cc(C)c(-c2ccc(C(=O)O)c(C(=O)O)c2)c(C)c1. The largest absolute Gasteiger partial charge is 0.478 e. The van der Waals surface area contributed by atoms with E-state index in [0.717, 1.165) is 50.9 Å². The van der Waals surface area contributed by atoms with Crippen molar-refractivity contribution in [2.45, 2.75) is 53.4 Å². The number of benzene rings is 4. The Bertz CT molecular complexity index is 1690. The fourth-order valence-electron chi connectivity index (χ4n) is 6.18. The van der Waals surface area contributed by atoms with Gasteiger partial charge in [-0.25, -0.2) is 19.2 Å². The van der Waals surface area contributed by atoms with Gasteiger partial charge < -0.3 is 20.4 Å². The number of rotatable bonds is 9. The zero-order valence-corrected chi connectivity index (χ0v) is 25.4. The van der Waals surface area contributed by atoms with Crippen LogP contribution < -0.4 is 0 Å². The van der Waals surface area contributed by atoms with Gasteiger partial charge in [0.1, 0.15) is 0 Å². The number of carboxylic acid groups (broad SMARTS) is 4. The maximum absolute atomic E-state index is 11.8. The molecule has 0 aliphatic rings. The van der Waals surface area contributed by atoms with E-state index in [2.05, 4.69) is 38.1 Å². The maximum atomic E-state index is 11.8. The van der Waals surface area contributed by atoms with Gasteiger partial charge >= 0.3 is 23.9 Å². The summed E-state index contributed by atoms with van der Waals surface area (Å²) in [6.45, 7) is 12.1. The molecule has 0 radical (unpaired) electrons. The number of carbonyl (C=O) groups is 4. The van der Waals surface area contributed by atoms with Crippen LogP contribution in [0.4, 0.5) is 0 Å². The van der Waals surface area contributed by atoms with Crippen molar-refractivity contribution in [2.75, 3.05) is 0 Å². The molecule has 0 bridgehead atoms. The summed E-state index contributed by atoms with van der Waals surface area (Å²) in [5.74, 6) is -5.21. The smallest absolute Gasteiger partial charge is 0.336 e. The number of hydrogen-bond donors (Lipinski definition) is 4. The minimum absolute atomic E-state index is 0.266. The highest BCUT2D eigenvalue weighted by atomic mass is 16.4. The first-order chi connectivity index (χ1) is 20.6.